The van der Waals surface area contributed by atoms with Crippen molar-refractivity contribution < 1.29 is 24.2 Å². The van der Waals surface area contributed by atoms with Crippen LogP contribution in [0.1, 0.15) is 25.5 Å². The number of benzene rings is 3. The van der Waals surface area contributed by atoms with E-state index in [9.17, 15) is 9.90 Å². The number of thioether (sulfide) groups is 1. The van der Waals surface area contributed by atoms with Crippen molar-refractivity contribution in [1.82, 2.24) is 24.8 Å². The number of fused-ring (bicyclic) bond motifs is 3. The molecule has 2 fully saturated rings. The van der Waals surface area contributed by atoms with E-state index >= 15 is 9.59 Å². The smallest absolute Gasteiger partial charge is 0.248 e. The van der Waals surface area contributed by atoms with Gasteiger partial charge in [-0.1, -0.05) is 72.0 Å². The van der Waals surface area contributed by atoms with Gasteiger partial charge in [-0.05, 0) is 55.8 Å². The van der Waals surface area contributed by atoms with E-state index in [-0.39, 0.29) is 30.9 Å². The van der Waals surface area contributed by atoms with Gasteiger partial charge in [0.15, 0.2) is 0 Å². The summed E-state index contributed by atoms with van der Waals surface area (Å²) in [5, 5.41) is 19.5. The first-order chi connectivity index (χ1) is 24.3. The van der Waals surface area contributed by atoms with E-state index in [1.165, 1.54) is 11.8 Å². The third kappa shape index (κ3) is 4.95. The fraction of sp³-hybridized carbons (Fsp3) is 0.342. The van der Waals surface area contributed by atoms with Crippen molar-refractivity contribution in [2.75, 3.05) is 31.2 Å². The average molecular weight is 691 g/mol. The number of ether oxygens (including phenoxy) is 1. The number of amides is 3. The maximum atomic E-state index is 15.2. The lowest BCUT2D eigenvalue weighted by Crippen LogP contribution is -2.54. The van der Waals surface area contributed by atoms with E-state index in [1.807, 2.05) is 117 Å². The zero-order valence-electron chi connectivity index (χ0n) is 27.8. The van der Waals surface area contributed by atoms with Gasteiger partial charge in [-0.15, -0.1) is 16.9 Å². The molecule has 11 nitrogen and oxygen atoms in total. The normalized spacial score (nSPS) is 28.0. The number of aliphatic hydroxyl groups excluding tert-OH is 1. The molecule has 8 rings (SSSR count). The van der Waals surface area contributed by atoms with E-state index in [0.717, 1.165) is 5.52 Å². The fourth-order valence-electron chi connectivity index (χ4n) is 8.30. The molecule has 3 amide bonds. The quantitative estimate of drug-likeness (QED) is 0.273. The second kappa shape index (κ2) is 12.4. The standard InChI is InChI=1S/C38H38N6O5S/c1-3-49-27-17-15-26(16-18-27)42-22-9-19-37(2)31(34(42)46)32-35(47)44(30(23-45)25-11-5-4-6-12-25)33-36(48)41(21-10-20-38(32,33)50-37)24-43-29-14-8-7-13-28(29)39-40-43/h4-20,30-33,45H,3,21-24H2,1-2H3/t30-,31-,32+,33?,37+,38+/m1/s1. The molecule has 4 aliphatic heterocycles. The van der Waals surface area contributed by atoms with Crippen LogP contribution >= 0.6 is 11.8 Å². The van der Waals surface area contributed by atoms with E-state index in [2.05, 4.69) is 10.3 Å². The number of anilines is 1. The van der Waals surface area contributed by atoms with E-state index in [1.54, 1.807) is 19.4 Å². The van der Waals surface area contributed by atoms with Crippen molar-refractivity contribution in [1.29, 1.82) is 0 Å². The highest BCUT2D eigenvalue weighted by Crippen LogP contribution is 2.66. The summed E-state index contributed by atoms with van der Waals surface area (Å²) in [6.07, 6.45) is 7.96. The lowest BCUT2D eigenvalue weighted by molar-refractivity contribution is -0.146. The Balaban J connectivity index is 1.23. The Morgan fingerprint density at radius 3 is 2.40 bits per heavy atom. The zero-order chi connectivity index (χ0) is 34.6. The van der Waals surface area contributed by atoms with Crippen LogP contribution in [0.3, 0.4) is 0 Å². The molecule has 50 heavy (non-hydrogen) atoms. The van der Waals surface area contributed by atoms with Crippen LogP contribution < -0.4 is 9.64 Å². The van der Waals surface area contributed by atoms with Gasteiger partial charge in [0, 0.05) is 23.5 Å². The molecule has 3 aromatic carbocycles. The van der Waals surface area contributed by atoms with E-state index in [4.69, 9.17) is 4.74 Å². The second-order valence-corrected chi connectivity index (χ2v) is 15.1. The molecular formula is C38H38N6O5S. The summed E-state index contributed by atoms with van der Waals surface area (Å²) in [6.45, 7) is 4.80. The number of likely N-dealkylation sites (tertiary alicyclic amines) is 1. The van der Waals surface area contributed by atoms with Crippen molar-refractivity contribution in [2.24, 2.45) is 11.8 Å². The Morgan fingerprint density at radius 2 is 1.64 bits per heavy atom. The van der Waals surface area contributed by atoms with Crippen LogP contribution in [0.15, 0.2) is 103 Å². The molecular weight excluding hydrogens is 653 g/mol. The Labute approximate surface area is 294 Å². The number of carbonyl (C=O) groups is 3. The number of rotatable bonds is 8. The van der Waals surface area contributed by atoms with Gasteiger partial charge in [-0.3, -0.25) is 14.4 Å². The molecule has 12 heteroatoms. The number of hydrogen-bond donors (Lipinski definition) is 1. The molecule has 6 atom stereocenters. The number of aliphatic hydroxyl groups is 1. The number of para-hydroxylation sites is 1. The van der Waals surface area contributed by atoms with Gasteiger partial charge in [0.25, 0.3) is 0 Å². The molecule has 4 aliphatic rings. The molecule has 1 aromatic heterocycles. The van der Waals surface area contributed by atoms with Crippen LogP contribution in [0.2, 0.25) is 0 Å². The lowest BCUT2D eigenvalue weighted by atomic mass is 9.74. The Bertz CT molecular complexity index is 2020. The van der Waals surface area contributed by atoms with Crippen molar-refractivity contribution in [2.45, 2.75) is 42.1 Å². The molecule has 0 bridgehead atoms. The third-order valence-corrected chi connectivity index (χ3v) is 12.3. The predicted octanol–water partition coefficient (Wildman–Crippen LogP) is 4.21. The SMILES string of the molecule is CCOc1ccc(N2CC=C[C@]3(C)S[C@]45C=CCN(Cn6nnc7ccccc76)C(=O)C4N([C@H](CO)c4ccccc4)C(=O)[C@@H]5[C@@H]3C2=O)cc1. The highest BCUT2D eigenvalue weighted by atomic mass is 32.2. The maximum Gasteiger partial charge on any atom is 0.248 e. The largest absolute Gasteiger partial charge is 0.494 e. The Kier molecular flexibility index (Phi) is 8.03. The number of carbonyl (C=O) groups excluding carboxylic acids is 3. The molecule has 1 N–H and O–H groups in total. The summed E-state index contributed by atoms with van der Waals surface area (Å²) in [6, 6.07) is 22.5. The summed E-state index contributed by atoms with van der Waals surface area (Å²) in [5.41, 5.74) is 2.91. The highest BCUT2D eigenvalue weighted by Gasteiger charge is 2.74. The monoisotopic (exact) mass is 690 g/mol. The molecule has 1 unspecified atom stereocenters. The summed E-state index contributed by atoms with van der Waals surface area (Å²) in [4.78, 5) is 50.1. The summed E-state index contributed by atoms with van der Waals surface area (Å²) in [7, 11) is 0. The van der Waals surface area contributed by atoms with Crippen molar-refractivity contribution in [3.8, 4) is 5.75 Å². The Hall–Kier alpha value is -4.94. The second-order valence-electron chi connectivity index (χ2n) is 13.3. The lowest BCUT2D eigenvalue weighted by Gasteiger charge is -2.39. The minimum Gasteiger partial charge on any atom is -0.494 e. The molecule has 4 aromatic rings. The third-order valence-electron chi connectivity index (χ3n) is 10.5. The van der Waals surface area contributed by atoms with Crippen LogP contribution in [0, 0.1) is 11.8 Å². The predicted molar refractivity (Wildman–Crippen MR) is 190 cm³/mol. The highest BCUT2D eigenvalue weighted by molar-refractivity contribution is 8.02. The maximum absolute atomic E-state index is 15.2. The van der Waals surface area contributed by atoms with Crippen LogP contribution in [-0.2, 0) is 21.1 Å². The summed E-state index contributed by atoms with van der Waals surface area (Å²) >= 11 is 1.51. The van der Waals surface area contributed by atoms with Gasteiger partial charge in [-0.2, -0.15) is 0 Å². The first-order valence-electron chi connectivity index (χ1n) is 16.9. The van der Waals surface area contributed by atoms with Crippen LogP contribution in [-0.4, -0.2) is 89.5 Å². The molecule has 1 spiro atoms. The number of aromatic nitrogens is 3. The van der Waals surface area contributed by atoms with Crippen molar-refractivity contribution >= 4 is 46.2 Å². The molecule has 0 saturated carbocycles. The first-order valence-corrected chi connectivity index (χ1v) is 17.8. The molecule has 2 saturated heterocycles. The molecule has 256 valence electrons. The summed E-state index contributed by atoms with van der Waals surface area (Å²) < 4.78 is 5.45. The molecule has 5 heterocycles. The minimum absolute atomic E-state index is 0.119. The van der Waals surface area contributed by atoms with Crippen LogP contribution in [0.4, 0.5) is 5.69 Å². The average Bonchev–Trinajstić information content (AvgIpc) is 3.66. The van der Waals surface area contributed by atoms with Crippen molar-refractivity contribution in [3.05, 3.63) is 109 Å². The van der Waals surface area contributed by atoms with E-state index in [0.29, 0.717) is 35.7 Å². The molecule has 0 aliphatic carbocycles. The van der Waals surface area contributed by atoms with Crippen LogP contribution in [0.5, 0.6) is 5.75 Å². The van der Waals surface area contributed by atoms with Crippen LogP contribution in [0.25, 0.3) is 11.0 Å². The number of hydrogen-bond acceptors (Lipinski definition) is 8. The fourth-order valence-corrected chi connectivity index (χ4v) is 10.4. The Morgan fingerprint density at radius 1 is 0.900 bits per heavy atom. The topological polar surface area (TPSA) is 121 Å². The molecule has 0 radical (unpaired) electrons. The van der Waals surface area contributed by atoms with E-state index < -0.39 is 40.0 Å². The first kappa shape index (κ1) is 32.3. The number of nitrogens with zero attached hydrogens (tertiary/aromatic N) is 6. The summed E-state index contributed by atoms with van der Waals surface area (Å²) in [5.74, 6) is -1.71. The minimum atomic E-state index is -1.09. The van der Waals surface area contributed by atoms with Crippen molar-refractivity contribution in [3.63, 3.8) is 0 Å². The van der Waals surface area contributed by atoms with Gasteiger partial charge in [-0.25, -0.2) is 4.68 Å². The zero-order valence-corrected chi connectivity index (χ0v) is 28.6. The van der Waals surface area contributed by atoms with Gasteiger partial charge in [0.05, 0.1) is 41.4 Å². The van der Waals surface area contributed by atoms with Gasteiger partial charge >= 0.3 is 0 Å². The van der Waals surface area contributed by atoms with Gasteiger partial charge < -0.3 is 24.5 Å². The van der Waals surface area contributed by atoms with Gasteiger partial charge in [0.1, 0.15) is 24.0 Å². The van der Waals surface area contributed by atoms with Gasteiger partial charge in [0.2, 0.25) is 17.7 Å².